The molecule has 1 aliphatic rings. The lowest BCUT2D eigenvalue weighted by Gasteiger charge is -2.27. The van der Waals surface area contributed by atoms with Crippen LogP contribution >= 0.6 is 93.2 Å². The molecule has 0 saturated heterocycles. The smallest absolute Gasteiger partial charge is 0.151 e. The summed E-state index contributed by atoms with van der Waals surface area (Å²) in [7, 11) is 0. The van der Waals surface area contributed by atoms with Crippen LogP contribution in [0.5, 0.6) is 23.0 Å². The highest BCUT2D eigenvalue weighted by Crippen LogP contribution is 2.56. The first-order chi connectivity index (χ1) is 35.0. The van der Waals surface area contributed by atoms with E-state index < -0.39 is 0 Å². The van der Waals surface area contributed by atoms with Gasteiger partial charge >= 0.3 is 0 Å². The lowest BCUT2D eigenvalue weighted by atomic mass is 9.87. The minimum absolute atomic E-state index is 0.220. The van der Waals surface area contributed by atoms with E-state index in [1.54, 1.807) is 93.2 Å². The van der Waals surface area contributed by atoms with E-state index in [0.717, 1.165) is 117 Å². The van der Waals surface area contributed by atoms with Crippen molar-refractivity contribution in [1.29, 1.82) is 0 Å². The topological polar surface area (TPSA) is 84.7 Å². The number of aromatic hydroxyl groups is 2. The van der Waals surface area contributed by atoms with Gasteiger partial charge in [-0.1, -0.05) is 178 Å². The van der Waals surface area contributed by atoms with Gasteiger partial charge in [0.15, 0.2) is 8.68 Å². The van der Waals surface area contributed by atoms with Crippen LogP contribution in [0.1, 0.15) is 118 Å². The van der Waals surface area contributed by atoms with Crippen LogP contribution in [0.25, 0.3) is 20.4 Å². The summed E-state index contributed by atoms with van der Waals surface area (Å²) in [6, 6.07) is 34.2. The van der Waals surface area contributed by atoms with Gasteiger partial charge in [0.2, 0.25) is 0 Å². The molecule has 0 unspecified atom stereocenters. The fraction of sp³-hybridized carbons (Fsp3) is 0.367. The molecule has 388 valence electrons. The Morgan fingerprint density at radius 1 is 0.419 bits per heavy atom. The zero-order chi connectivity index (χ0) is 52.7. The van der Waals surface area contributed by atoms with Crippen LogP contribution in [0.3, 0.4) is 0 Å². The predicted octanol–water partition coefficient (Wildman–Crippen LogP) is 19.5. The number of hydrogen-bond acceptors (Lipinski definition) is 14. The maximum absolute atomic E-state index is 12.7. The largest absolute Gasteiger partial charge is 0.506 e. The molecule has 3 heterocycles. The Hall–Kier alpha value is -3.60. The molecule has 0 spiro atoms. The average molecular weight is 1140 g/mol. The third-order valence-corrected chi connectivity index (χ3v) is 21.3. The maximum atomic E-state index is 12.7. The molecule has 0 atom stereocenters. The predicted molar refractivity (Wildman–Crippen MR) is 321 cm³/mol. The van der Waals surface area contributed by atoms with Crippen molar-refractivity contribution in [2.75, 3.05) is 24.7 Å². The molecule has 6 aromatic carbocycles. The Labute approximate surface area is 471 Å². The molecule has 2 aromatic heterocycles. The molecule has 0 fully saturated rings. The molecule has 0 amide bonds. The summed E-state index contributed by atoms with van der Waals surface area (Å²) in [5, 5.41) is 25.5. The minimum Gasteiger partial charge on any atom is -0.506 e. The lowest BCUT2D eigenvalue weighted by molar-refractivity contribution is 0.303. The molecule has 74 heavy (non-hydrogen) atoms. The van der Waals surface area contributed by atoms with Gasteiger partial charge in [0.1, 0.15) is 23.0 Å². The van der Waals surface area contributed by atoms with E-state index in [4.69, 9.17) is 19.4 Å². The first-order valence-corrected chi connectivity index (χ1v) is 31.9. The van der Waals surface area contributed by atoms with Crippen molar-refractivity contribution in [2.45, 2.75) is 165 Å². The van der Waals surface area contributed by atoms with E-state index in [-0.39, 0.29) is 33.2 Å². The van der Waals surface area contributed by atoms with Crippen molar-refractivity contribution in [2.24, 2.45) is 0 Å². The number of phenolic OH excluding ortho intramolecular Hbond substituents is 2. The van der Waals surface area contributed by atoms with Crippen molar-refractivity contribution in [3.8, 4) is 23.0 Å². The molecule has 8 aromatic rings. The van der Waals surface area contributed by atoms with Gasteiger partial charge in [0, 0.05) is 11.5 Å². The fourth-order valence-electron chi connectivity index (χ4n) is 8.03. The van der Waals surface area contributed by atoms with Crippen molar-refractivity contribution >= 4 is 114 Å². The van der Waals surface area contributed by atoms with Gasteiger partial charge in [-0.15, -0.1) is 22.7 Å². The van der Waals surface area contributed by atoms with Crippen LogP contribution in [-0.4, -0.2) is 44.9 Å². The maximum Gasteiger partial charge on any atom is 0.151 e. The Bertz CT molecular complexity index is 2950. The number of hydrogen-bond donors (Lipinski definition) is 2. The minimum atomic E-state index is -0.229. The third-order valence-electron chi connectivity index (χ3n) is 12.5. The number of rotatable bonds is 12. The first-order valence-electron chi connectivity index (χ1n) is 25.0. The number of thioether (sulfide) groups is 2. The molecule has 2 N–H and O–H groups in total. The van der Waals surface area contributed by atoms with Crippen LogP contribution in [0.15, 0.2) is 145 Å². The summed E-state index contributed by atoms with van der Waals surface area (Å²) < 4.78 is 18.5. The molecule has 8 bridgehead atoms. The van der Waals surface area contributed by atoms with Gasteiger partial charge in [-0.2, -0.15) is 0 Å². The number of benzene rings is 6. The van der Waals surface area contributed by atoms with E-state index in [9.17, 15) is 10.2 Å². The van der Waals surface area contributed by atoms with Crippen LogP contribution in [-0.2, 0) is 21.7 Å². The molecular formula is C60H66N2O4S8. The van der Waals surface area contributed by atoms with Crippen LogP contribution in [0.2, 0.25) is 0 Å². The van der Waals surface area contributed by atoms with Gasteiger partial charge in [0.25, 0.3) is 0 Å². The summed E-state index contributed by atoms with van der Waals surface area (Å²) in [5.74, 6) is 3.62. The Morgan fingerprint density at radius 2 is 0.703 bits per heavy atom. The highest BCUT2D eigenvalue weighted by molar-refractivity contribution is 8.02. The Balaban J connectivity index is 1.16. The lowest BCUT2D eigenvalue weighted by Crippen LogP contribution is -2.13. The number of para-hydroxylation sites is 2. The second-order valence-electron chi connectivity index (χ2n) is 22.6. The van der Waals surface area contributed by atoms with Crippen molar-refractivity contribution in [1.82, 2.24) is 9.97 Å². The zero-order valence-electron chi connectivity index (χ0n) is 44.4. The molecule has 14 heteroatoms. The van der Waals surface area contributed by atoms with E-state index >= 15 is 0 Å². The van der Waals surface area contributed by atoms with Gasteiger partial charge in [0.05, 0.1) is 72.8 Å². The molecule has 0 saturated carbocycles. The number of nitrogens with zero attached hydrogens (tertiary/aromatic N) is 2. The summed E-state index contributed by atoms with van der Waals surface area (Å²) in [6.45, 7) is 27.7. The van der Waals surface area contributed by atoms with Crippen LogP contribution < -0.4 is 9.47 Å². The molecule has 9 rings (SSSR count). The number of fused-ring (bicyclic) bond motifs is 10. The number of phenols is 2. The van der Waals surface area contributed by atoms with Gasteiger partial charge in [-0.05, 0) is 130 Å². The van der Waals surface area contributed by atoms with Crippen molar-refractivity contribution in [3.05, 3.63) is 119 Å². The van der Waals surface area contributed by atoms with Gasteiger partial charge < -0.3 is 19.7 Å². The summed E-state index contributed by atoms with van der Waals surface area (Å²) in [4.78, 5) is 16.4. The zero-order valence-corrected chi connectivity index (χ0v) is 50.9. The normalized spacial score (nSPS) is 13.5. The summed E-state index contributed by atoms with van der Waals surface area (Å²) >= 11 is 13.2. The molecule has 0 radical (unpaired) electrons. The molecular weight excluding hydrogens is 1070 g/mol. The fourth-order valence-corrected chi connectivity index (χ4v) is 16.7. The van der Waals surface area contributed by atoms with E-state index in [0.29, 0.717) is 13.2 Å². The SMILES string of the molecule is CC(C)(C)c1cc2c(O)c(c1)Sc1cc(C(C)(C)C)cc(c1OCCCSc1nc3ccccc3s1)Sc1cc(C(C)(C)C)cc(c1O)Sc1cc(C(C)(C)C)cc(c1OCCCSc1nc3ccccc3s1)S2. The summed E-state index contributed by atoms with van der Waals surface area (Å²) in [6.07, 6.45) is 1.60. The van der Waals surface area contributed by atoms with E-state index in [1.807, 2.05) is 12.1 Å². The second kappa shape index (κ2) is 22.4. The van der Waals surface area contributed by atoms with Crippen molar-refractivity contribution in [3.63, 3.8) is 0 Å². The van der Waals surface area contributed by atoms with E-state index in [2.05, 4.69) is 168 Å². The first kappa shape index (κ1) is 55.2. The quantitative estimate of drug-likeness (QED) is 0.0903. The Morgan fingerprint density at radius 3 is 0.986 bits per heavy atom. The molecule has 6 nitrogen and oxygen atoms in total. The summed E-state index contributed by atoms with van der Waals surface area (Å²) in [5.41, 5.74) is 5.66. The van der Waals surface area contributed by atoms with Crippen molar-refractivity contribution < 1.29 is 19.7 Å². The second-order valence-corrected chi connectivity index (χ2v) is 31.7. The van der Waals surface area contributed by atoms with E-state index in [1.165, 1.54) is 9.40 Å². The average Bonchev–Trinajstić information content (AvgIpc) is 3.94. The number of thiazole rings is 2. The number of aromatic nitrogens is 2. The van der Waals surface area contributed by atoms with Crippen LogP contribution in [0, 0.1) is 0 Å². The third kappa shape index (κ3) is 13.0. The van der Waals surface area contributed by atoms with Gasteiger partial charge in [-0.25, -0.2) is 9.97 Å². The molecule has 1 aliphatic heterocycles. The highest BCUT2D eigenvalue weighted by atomic mass is 32.2. The Kier molecular flexibility index (Phi) is 16.7. The van der Waals surface area contributed by atoms with Gasteiger partial charge in [-0.3, -0.25) is 0 Å². The standard InChI is InChI=1S/C60H66N2O4S8/c1-57(2,3)35-27-43-51(63)44(28-35)70-48-32-38(60(10,11)12)34-50(54(48)66-24-18-26-68-56-62-40-20-14-16-22-42(40)74-56)72-46-30-36(58(4,5)6)29-45(52(46)64)71-49-33-37(59(7,8)9)31-47(69-43)53(49)65-23-17-25-67-55-61-39-19-13-15-21-41(39)73-55/h13-16,19-22,27-34,63-64H,17-18,23-26H2,1-12H3. The molecule has 0 aliphatic carbocycles. The highest BCUT2D eigenvalue weighted by Gasteiger charge is 2.30. The monoisotopic (exact) mass is 1130 g/mol. The number of ether oxygens (including phenoxy) is 2. The van der Waals surface area contributed by atoms with Crippen LogP contribution in [0.4, 0.5) is 0 Å².